The van der Waals surface area contributed by atoms with Crippen LogP contribution in [0.15, 0.2) is 39.5 Å². The summed E-state index contributed by atoms with van der Waals surface area (Å²) in [6.07, 6.45) is 0. The van der Waals surface area contributed by atoms with E-state index in [0.29, 0.717) is 5.56 Å². The predicted molar refractivity (Wildman–Crippen MR) is 81.1 cm³/mol. The van der Waals surface area contributed by atoms with E-state index in [0.717, 1.165) is 0 Å². The van der Waals surface area contributed by atoms with Gasteiger partial charge in [-0.1, -0.05) is 0 Å². The minimum atomic E-state index is -0.676. The number of phenols is 4. The second kappa shape index (κ2) is 5.13. The molecule has 3 rings (SSSR count). The van der Waals surface area contributed by atoms with Gasteiger partial charge in [-0.2, -0.15) is 0 Å². The molecule has 3 aromatic rings. The second-order valence-electron chi connectivity index (χ2n) is 4.80. The lowest BCUT2D eigenvalue weighted by Gasteiger charge is -2.10. The molecule has 1 heterocycles. The Balaban J connectivity index is 2.40. The maximum Gasteiger partial charge on any atom is 0.239 e. The van der Waals surface area contributed by atoms with Crippen LogP contribution in [-0.4, -0.2) is 27.5 Å². The molecule has 0 bridgehead atoms. The number of methoxy groups -OCH3 is 1. The Bertz CT molecular complexity index is 972. The zero-order valence-electron chi connectivity index (χ0n) is 11.9. The van der Waals surface area contributed by atoms with Gasteiger partial charge in [-0.05, 0) is 30.3 Å². The molecule has 0 saturated heterocycles. The van der Waals surface area contributed by atoms with Gasteiger partial charge in [-0.25, -0.2) is 0 Å². The highest BCUT2D eigenvalue weighted by molar-refractivity contribution is 5.89. The van der Waals surface area contributed by atoms with Crippen molar-refractivity contribution in [3.05, 3.63) is 40.6 Å². The van der Waals surface area contributed by atoms with Crippen molar-refractivity contribution < 1.29 is 29.6 Å². The van der Waals surface area contributed by atoms with E-state index in [2.05, 4.69) is 0 Å². The Labute approximate surface area is 129 Å². The summed E-state index contributed by atoms with van der Waals surface area (Å²) < 4.78 is 10.7. The Kier molecular flexibility index (Phi) is 3.25. The van der Waals surface area contributed by atoms with Crippen LogP contribution in [0.3, 0.4) is 0 Å². The van der Waals surface area contributed by atoms with Crippen molar-refractivity contribution >= 4 is 11.0 Å². The first-order chi connectivity index (χ1) is 10.9. The molecule has 0 spiro atoms. The molecule has 4 N–H and O–H groups in total. The van der Waals surface area contributed by atoms with Crippen molar-refractivity contribution in [1.29, 1.82) is 0 Å². The van der Waals surface area contributed by atoms with Crippen LogP contribution in [0.4, 0.5) is 0 Å². The molecule has 7 nitrogen and oxygen atoms in total. The molecular formula is C16H12O7. The SMILES string of the molecule is COc1c(-c2ccc(O)c(O)c2)oc2ccc(O)c(O)c2c1=O. The van der Waals surface area contributed by atoms with Crippen molar-refractivity contribution in [3.63, 3.8) is 0 Å². The standard InChI is InChI=1S/C16H12O7/c1-22-16-14(21)12-11(5-4-9(18)13(12)20)23-15(16)7-2-3-8(17)10(19)6-7/h2-6,17-20H,1H3. The van der Waals surface area contributed by atoms with E-state index in [1.165, 1.54) is 37.4 Å². The number of rotatable bonds is 2. The van der Waals surface area contributed by atoms with Gasteiger partial charge in [-0.3, -0.25) is 4.79 Å². The van der Waals surface area contributed by atoms with Crippen LogP contribution in [0.2, 0.25) is 0 Å². The van der Waals surface area contributed by atoms with E-state index in [1.54, 1.807) is 0 Å². The van der Waals surface area contributed by atoms with Gasteiger partial charge < -0.3 is 29.6 Å². The van der Waals surface area contributed by atoms with E-state index in [4.69, 9.17) is 9.15 Å². The Morgan fingerprint density at radius 3 is 2.30 bits per heavy atom. The molecule has 0 atom stereocenters. The summed E-state index contributed by atoms with van der Waals surface area (Å²) in [7, 11) is 1.25. The Morgan fingerprint density at radius 1 is 0.957 bits per heavy atom. The summed E-state index contributed by atoms with van der Waals surface area (Å²) in [4.78, 5) is 12.5. The first-order valence-electron chi connectivity index (χ1n) is 6.52. The van der Waals surface area contributed by atoms with Gasteiger partial charge in [0.1, 0.15) is 11.0 Å². The molecule has 0 aliphatic carbocycles. The third-order valence-corrected chi connectivity index (χ3v) is 3.41. The smallest absolute Gasteiger partial charge is 0.239 e. The number of benzene rings is 2. The number of fused-ring (bicyclic) bond motifs is 1. The number of hydrogen-bond acceptors (Lipinski definition) is 7. The van der Waals surface area contributed by atoms with Gasteiger partial charge in [-0.15, -0.1) is 0 Å². The number of ether oxygens (including phenoxy) is 1. The first-order valence-corrected chi connectivity index (χ1v) is 6.52. The van der Waals surface area contributed by atoms with Gasteiger partial charge in [0.2, 0.25) is 11.2 Å². The lowest BCUT2D eigenvalue weighted by atomic mass is 10.1. The largest absolute Gasteiger partial charge is 0.504 e. The molecule has 0 aliphatic rings. The second-order valence-corrected chi connectivity index (χ2v) is 4.80. The average Bonchev–Trinajstić information content (AvgIpc) is 2.53. The van der Waals surface area contributed by atoms with Crippen LogP contribution >= 0.6 is 0 Å². The topological polar surface area (TPSA) is 120 Å². The van der Waals surface area contributed by atoms with Crippen LogP contribution in [0.1, 0.15) is 0 Å². The summed E-state index contributed by atoms with van der Waals surface area (Å²) in [5, 5.41) is 38.2. The third kappa shape index (κ3) is 2.18. The first kappa shape index (κ1) is 14.6. The van der Waals surface area contributed by atoms with E-state index in [-0.39, 0.29) is 34.0 Å². The lowest BCUT2D eigenvalue weighted by molar-refractivity contribution is 0.392. The Hall–Kier alpha value is -3.35. The molecule has 118 valence electrons. The highest BCUT2D eigenvalue weighted by Gasteiger charge is 2.21. The molecule has 0 amide bonds. The fourth-order valence-electron chi connectivity index (χ4n) is 2.28. The molecular weight excluding hydrogens is 304 g/mol. The van der Waals surface area contributed by atoms with E-state index >= 15 is 0 Å². The minimum absolute atomic E-state index is 0.0189. The van der Waals surface area contributed by atoms with Crippen molar-refractivity contribution in [3.8, 4) is 40.1 Å². The van der Waals surface area contributed by atoms with Crippen molar-refractivity contribution in [1.82, 2.24) is 0 Å². The summed E-state index contributed by atoms with van der Waals surface area (Å²) in [6.45, 7) is 0. The maximum absolute atomic E-state index is 12.5. The van der Waals surface area contributed by atoms with Gasteiger partial charge in [0, 0.05) is 5.56 Å². The quantitative estimate of drug-likeness (QED) is 0.535. The van der Waals surface area contributed by atoms with Gasteiger partial charge in [0.15, 0.2) is 28.8 Å². The molecule has 0 unspecified atom stereocenters. The summed E-state index contributed by atoms with van der Waals surface area (Å²) in [5.41, 5.74) is -0.345. The zero-order valence-corrected chi connectivity index (χ0v) is 11.9. The van der Waals surface area contributed by atoms with E-state index in [1.807, 2.05) is 0 Å². The van der Waals surface area contributed by atoms with E-state index < -0.39 is 16.9 Å². The van der Waals surface area contributed by atoms with Crippen LogP contribution < -0.4 is 10.2 Å². The molecule has 2 aromatic carbocycles. The Morgan fingerprint density at radius 2 is 1.65 bits per heavy atom. The monoisotopic (exact) mass is 316 g/mol. The van der Waals surface area contributed by atoms with Crippen molar-refractivity contribution in [2.75, 3.05) is 7.11 Å². The third-order valence-electron chi connectivity index (χ3n) is 3.41. The normalized spacial score (nSPS) is 10.8. The molecule has 23 heavy (non-hydrogen) atoms. The predicted octanol–water partition coefficient (Wildman–Crippen LogP) is 2.29. The zero-order chi connectivity index (χ0) is 16.7. The average molecular weight is 316 g/mol. The highest BCUT2D eigenvalue weighted by Crippen LogP contribution is 2.38. The number of aromatic hydroxyl groups is 4. The highest BCUT2D eigenvalue weighted by atomic mass is 16.5. The van der Waals surface area contributed by atoms with Crippen molar-refractivity contribution in [2.45, 2.75) is 0 Å². The number of hydrogen-bond donors (Lipinski definition) is 4. The molecule has 0 aliphatic heterocycles. The van der Waals surface area contributed by atoms with Crippen LogP contribution in [0.25, 0.3) is 22.3 Å². The fraction of sp³-hybridized carbons (Fsp3) is 0.0625. The molecule has 0 radical (unpaired) electrons. The molecule has 0 saturated carbocycles. The van der Waals surface area contributed by atoms with E-state index in [9.17, 15) is 25.2 Å². The van der Waals surface area contributed by atoms with Crippen LogP contribution in [-0.2, 0) is 0 Å². The lowest BCUT2D eigenvalue weighted by Crippen LogP contribution is -2.07. The van der Waals surface area contributed by atoms with Crippen LogP contribution in [0.5, 0.6) is 28.7 Å². The molecule has 7 heteroatoms. The fourth-order valence-corrected chi connectivity index (χ4v) is 2.28. The summed E-state index contributed by atoms with van der Waals surface area (Å²) in [6, 6.07) is 6.40. The van der Waals surface area contributed by atoms with Gasteiger partial charge in [0.05, 0.1) is 7.11 Å². The van der Waals surface area contributed by atoms with Crippen molar-refractivity contribution in [2.24, 2.45) is 0 Å². The molecule has 1 aromatic heterocycles. The maximum atomic E-state index is 12.5. The number of phenolic OH excluding ortho intramolecular Hbond substituents is 4. The van der Waals surface area contributed by atoms with Gasteiger partial charge in [0.25, 0.3) is 0 Å². The van der Waals surface area contributed by atoms with Gasteiger partial charge >= 0.3 is 0 Å². The minimum Gasteiger partial charge on any atom is -0.504 e. The summed E-state index contributed by atoms with van der Waals surface area (Å²) in [5.74, 6) is -1.95. The molecule has 0 fully saturated rings. The van der Waals surface area contributed by atoms with Crippen LogP contribution in [0, 0.1) is 0 Å². The summed E-state index contributed by atoms with van der Waals surface area (Å²) >= 11 is 0.